The summed E-state index contributed by atoms with van der Waals surface area (Å²) in [4.78, 5) is 18.1. The van der Waals surface area contributed by atoms with E-state index in [1.54, 1.807) is 6.07 Å². The molecule has 0 spiro atoms. The van der Waals surface area contributed by atoms with Gasteiger partial charge in [0, 0.05) is 0 Å². The van der Waals surface area contributed by atoms with Gasteiger partial charge in [-0.2, -0.15) is 10.4 Å². The molecule has 0 aromatic carbocycles. The summed E-state index contributed by atoms with van der Waals surface area (Å²) in [5.41, 5.74) is -2.57. The summed E-state index contributed by atoms with van der Waals surface area (Å²) in [6.45, 7) is 0.667. The molecule has 3 N–H and O–H groups in total. The molecular weight excluding hydrogens is 297 g/mol. The molecule has 1 fully saturated rings. The Hall–Kier alpha value is -2.35. The van der Waals surface area contributed by atoms with Crippen molar-refractivity contribution < 1.29 is 19.3 Å². The van der Waals surface area contributed by atoms with Gasteiger partial charge in [-0.1, -0.05) is 0 Å². The molecule has 116 valence electrons. The van der Waals surface area contributed by atoms with E-state index in [0.717, 1.165) is 4.52 Å². The Morgan fingerprint density at radius 2 is 2.41 bits per heavy atom. The number of nitrogens with zero attached hydrogens (tertiary/aromatic N) is 4. The SMILES string of the molecule is Cc1nn2c([C@@H]3O[C@](C#N)(CO)[C@@H](O)[C@H]3F)cnc2c(=O)[nH]1. The van der Waals surface area contributed by atoms with E-state index in [9.17, 15) is 19.4 Å². The fourth-order valence-corrected chi connectivity index (χ4v) is 2.47. The number of aliphatic hydroxyl groups is 2. The average Bonchev–Trinajstić information content (AvgIpc) is 3.01. The minimum absolute atomic E-state index is 0.0654. The number of aryl methyl sites for hydroxylation is 1. The van der Waals surface area contributed by atoms with Crippen molar-refractivity contribution in [1.29, 1.82) is 5.26 Å². The zero-order chi connectivity index (χ0) is 16.1. The Bertz CT molecular complexity index is 827. The van der Waals surface area contributed by atoms with Gasteiger partial charge in [0.1, 0.15) is 24.1 Å². The van der Waals surface area contributed by atoms with Crippen LogP contribution >= 0.6 is 0 Å². The van der Waals surface area contributed by atoms with Crippen LogP contribution in [-0.4, -0.2) is 54.3 Å². The van der Waals surface area contributed by atoms with Crippen LogP contribution in [0.25, 0.3) is 5.65 Å². The van der Waals surface area contributed by atoms with Crippen LogP contribution in [0.5, 0.6) is 0 Å². The van der Waals surface area contributed by atoms with Gasteiger partial charge in [-0.25, -0.2) is 13.9 Å². The smallest absolute Gasteiger partial charge is 0.294 e. The quantitative estimate of drug-likeness (QED) is 0.630. The summed E-state index contributed by atoms with van der Waals surface area (Å²) in [6, 6.07) is 1.59. The van der Waals surface area contributed by atoms with Crippen molar-refractivity contribution in [3.8, 4) is 6.07 Å². The highest BCUT2D eigenvalue weighted by atomic mass is 19.1. The second kappa shape index (κ2) is 4.84. The Labute approximate surface area is 122 Å². The molecule has 1 aliphatic heterocycles. The van der Waals surface area contributed by atoms with E-state index >= 15 is 0 Å². The lowest BCUT2D eigenvalue weighted by atomic mass is 9.97. The minimum atomic E-state index is -2.06. The Kier molecular flexibility index (Phi) is 3.21. The number of alkyl halides is 1. The molecular formula is C12H12FN5O4. The zero-order valence-electron chi connectivity index (χ0n) is 11.4. The fourth-order valence-electron chi connectivity index (χ4n) is 2.47. The number of nitrogens with one attached hydrogen (secondary N) is 1. The second-order valence-electron chi connectivity index (χ2n) is 5.05. The molecule has 10 heteroatoms. The Morgan fingerprint density at radius 3 is 3.00 bits per heavy atom. The first-order chi connectivity index (χ1) is 10.4. The van der Waals surface area contributed by atoms with Crippen molar-refractivity contribution in [2.24, 2.45) is 0 Å². The van der Waals surface area contributed by atoms with Gasteiger partial charge in [0.05, 0.1) is 18.5 Å². The zero-order valence-corrected chi connectivity index (χ0v) is 11.4. The number of ether oxygens (including phenoxy) is 1. The van der Waals surface area contributed by atoms with Crippen LogP contribution in [-0.2, 0) is 4.74 Å². The predicted octanol–water partition coefficient (Wildman–Crippen LogP) is -1.25. The van der Waals surface area contributed by atoms with E-state index in [4.69, 9.17) is 10.00 Å². The van der Waals surface area contributed by atoms with E-state index in [1.165, 1.54) is 13.1 Å². The maximum absolute atomic E-state index is 14.4. The molecule has 0 aliphatic carbocycles. The van der Waals surface area contributed by atoms with Crippen LogP contribution in [0.15, 0.2) is 11.0 Å². The van der Waals surface area contributed by atoms with Gasteiger partial charge in [0.2, 0.25) is 11.2 Å². The van der Waals surface area contributed by atoms with Gasteiger partial charge in [0.15, 0.2) is 6.17 Å². The van der Waals surface area contributed by atoms with Gasteiger partial charge in [-0.3, -0.25) is 4.79 Å². The largest absolute Gasteiger partial charge is 0.392 e. The lowest BCUT2D eigenvalue weighted by molar-refractivity contribution is -0.0746. The van der Waals surface area contributed by atoms with Crippen molar-refractivity contribution in [3.63, 3.8) is 0 Å². The summed E-state index contributed by atoms with van der Waals surface area (Å²) in [6.07, 6.45) is -4.01. The van der Waals surface area contributed by atoms with Gasteiger partial charge in [-0.05, 0) is 6.92 Å². The van der Waals surface area contributed by atoms with E-state index in [-0.39, 0.29) is 17.2 Å². The minimum Gasteiger partial charge on any atom is -0.392 e. The first-order valence-corrected chi connectivity index (χ1v) is 6.40. The van der Waals surface area contributed by atoms with Gasteiger partial charge < -0.3 is 19.9 Å². The third-order valence-corrected chi connectivity index (χ3v) is 3.63. The standard InChI is InChI=1S/C12H12FN5O4/c1-5-16-11(21)10-15-2-6(18(10)17-5)8-7(13)9(20)12(3-14,4-19)22-8/h2,7-9,19-20H,4H2,1H3,(H,16,17,21)/t7-,8-,9-,12+/m0/s1. The summed E-state index contributed by atoms with van der Waals surface area (Å²) in [5.74, 6) is 0.277. The van der Waals surface area contributed by atoms with Gasteiger partial charge >= 0.3 is 0 Å². The van der Waals surface area contributed by atoms with Crippen molar-refractivity contribution in [2.45, 2.75) is 30.9 Å². The van der Waals surface area contributed by atoms with Crippen LogP contribution in [0.4, 0.5) is 4.39 Å². The fraction of sp³-hybridized carbons (Fsp3) is 0.500. The van der Waals surface area contributed by atoms with Crippen molar-refractivity contribution in [2.75, 3.05) is 6.61 Å². The molecule has 1 saturated heterocycles. The number of fused-ring (bicyclic) bond motifs is 1. The second-order valence-corrected chi connectivity index (χ2v) is 5.05. The van der Waals surface area contributed by atoms with E-state index in [0.29, 0.717) is 0 Å². The van der Waals surface area contributed by atoms with Crippen LogP contribution in [0.3, 0.4) is 0 Å². The summed E-state index contributed by atoms with van der Waals surface area (Å²) in [5, 5.41) is 32.2. The summed E-state index contributed by atoms with van der Waals surface area (Å²) in [7, 11) is 0. The molecule has 9 nitrogen and oxygen atoms in total. The number of imidazole rings is 1. The molecule has 3 heterocycles. The maximum Gasteiger partial charge on any atom is 0.294 e. The number of hydrogen-bond donors (Lipinski definition) is 3. The molecule has 22 heavy (non-hydrogen) atoms. The molecule has 0 bridgehead atoms. The number of halogens is 1. The van der Waals surface area contributed by atoms with Crippen molar-refractivity contribution in [1.82, 2.24) is 19.6 Å². The number of aromatic nitrogens is 4. The first-order valence-electron chi connectivity index (χ1n) is 6.40. The Morgan fingerprint density at radius 1 is 1.68 bits per heavy atom. The van der Waals surface area contributed by atoms with Crippen LogP contribution in [0.2, 0.25) is 0 Å². The third kappa shape index (κ3) is 1.83. The number of aromatic amines is 1. The number of hydrogen-bond acceptors (Lipinski definition) is 7. The molecule has 1 aliphatic rings. The molecule has 2 aromatic heterocycles. The Balaban J connectivity index is 2.13. The normalized spacial score (nSPS) is 31.5. The highest BCUT2D eigenvalue weighted by molar-refractivity contribution is 5.37. The molecule has 3 rings (SSSR count). The van der Waals surface area contributed by atoms with Crippen LogP contribution < -0.4 is 5.56 Å². The van der Waals surface area contributed by atoms with E-state index in [2.05, 4.69) is 15.1 Å². The lowest BCUT2D eigenvalue weighted by Crippen LogP contribution is -2.44. The highest BCUT2D eigenvalue weighted by Gasteiger charge is 2.57. The highest BCUT2D eigenvalue weighted by Crippen LogP contribution is 2.41. The predicted molar refractivity (Wildman–Crippen MR) is 68.5 cm³/mol. The topological polar surface area (TPSA) is 137 Å². The van der Waals surface area contributed by atoms with E-state index < -0.39 is 36.1 Å². The number of nitriles is 1. The molecule has 0 unspecified atom stereocenters. The monoisotopic (exact) mass is 309 g/mol. The van der Waals surface area contributed by atoms with Gasteiger partial charge in [-0.15, -0.1) is 0 Å². The van der Waals surface area contributed by atoms with E-state index in [1.807, 2.05) is 0 Å². The summed E-state index contributed by atoms with van der Waals surface area (Å²) >= 11 is 0. The molecule has 4 atom stereocenters. The summed E-state index contributed by atoms with van der Waals surface area (Å²) < 4.78 is 20.7. The third-order valence-electron chi connectivity index (χ3n) is 3.63. The van der Waals surface area contributed by atoms with Gasteiger partial charge in [0.25, 0.3) is 5.56 Å². The number of rotatable bonds is 2. The number of aliphatic hydroxyl groups excluding tert-OH is 2. The molecule has 0 saturated carbocycles. The molecule has 0 amide bonds. The lowest BCUT2D eigenvalue weighted by Gasteiger charge is -2.20. The van der Waals surface area contributed by atoms with Crippen molar-refractivity contribution >= 4 is 5.65 Å². The first kappa shape index (κ1) is 14.6. The van der Waals surface area contributed by atoms with Crippen molar-refractivity contribution in [3.05, 3.63) is 28.1 Å². The van der Waals surface area contributed by atoms with Crippen LogP contribution in [0.1, 0.15) is 17.6 Å². The molecule has 2 aromatic rings. The maximum atomic E-state index is 14.4. The number of H-pyrrole nitrogens is 1. The van der Waals surface area contributed by atoms with Crippen LogP contribution in [0, 0.1) is 18.3 Å². The average molecular weight is 309 g/mol. The molecule has 0 radical (unpaired) electrons.